The van der Waals surface area contributed by atoms with Crippen molar-refractivity contribution in [2.75, 3.05) is 18.5 Å². The lowest BCUT2D eigenvalue weighted by Gasteiger charge is -2.23. The zero-order chi connectivity index (χ0) is 22.5. The number of benzene rings is 2. The highest BCUT2D eigenvalue weighted by Gasteiger charge is 2.17. The molecule has 0 saturated carbocycles. The second kappa shape index (κ2) is 9.51. The van der Waals surface area contributed by atoms with Gasteiger partial charge in [-0.2, -0.15) is 10.4 Å². The first-order valence-corrected chi connectivity index (χ1v) is 10.8. The molecule has 0 bridgehead atoms. The lowest BCUT2D eigenvalue weighted by atomic mass is 10.1. The quantitative estimate of drug-likeness (QED) is 0.473. The van der Waals surface area contributed by atoms with Gasteiger partial charge < -0.3 is 14.8 Å². The van der Waals surface area contributed by atoms with E-state index < -0.39 is 0 Å². The van der Waals surface area contributed by atoms with Gasteiger partial charge in [-0.25, -0.2) is 14.6 Å². The van der Waals surface area contributed by atoms with Crippen molar-refractivity contribution in [1.29, 1.82) is 5.26 Å². The van der Waals surface area contributed by atoms with E-state index in [0.717, 1.165) is 29.8 Å². The smallest absolute Gasteiger partial charge is 0.227 e. The van der Waals surface area contributed by atoms with Crippen LogP contribution in [0.3, 0.4) is 0 Å². The zero-order valence-corrected chi connectivity index (χ0v) is 17.9. The van der Waals surface area contributed by atoms with E-state index in [4.69, 9.17) is 9.47 Å². The molecule has 164 valence electrons. The molecule has 1 fully saturated rings. The Kier molecular flexibility index (Phi) is 5.95. The van der Waals surface area contributed by atoms with Crippen molar-refractivity contribution in [2.24, 2.45) is 0 Å². The van der Waals surface area contributed by atoms with Gasteiger partial charge in [-0.1, -0.05) is 6.07 Å². The molecule has 1 aliphatic rings. The minimum atomic E-state index is 0.0732. The Morgan fingerprint density at radius 1 is 1.06 bits per heavy atom. The number of nitrogens with zero attached hydrogens (tertiary/aromatic N) is 5. The molecule has 2 aromatic carbocycles. The Morgan fingerprint density at radius 3 is 2.79 bits per heavy atom. The molecule has 2 aromatic heterocycles. The summed E-state index contributed by atoms with van der Waals surface area (Å²) in [7, 11) is 0. The minimum absolute atomic E-state index is 0.0732. The maximum atomic E-state index is 9.67. The summed E-state index contributed by atoms with van der Waals surface area (Å²) >= 11 is 0. The van der Waals surface area contributed by atoms with Crippen LogP contribution in [0.15, 0.2) is 73.2 Å². The highest BCUT2D eigenvalue weighted by atomic mass is 16.5. The van der Waals surface area contributed by atoms with Crippen LogP contribution in [0.1, 0.15) is 18.4 Å². The van der Waals surface area contributed by atoms with Crippen LogP contribution in [-0.2, 0) is 4.74 Å². The van der Waals surface area contributed by atoms with Gasteiger partial charge in [0.25, 0.3) is 0 Å². The average molecular weight is 438 g/mol. The van der Waals surface area contributed by atoms with Crippen LogP contribution in [0.4, 0.5) is 11.6 Å². The number of ether oxygens (including phenoxy) is 2. The van der Waals surface area contributed by atoms with E-state index in [-0.39, 0.29) is 6.10 Å². The van der Waals surface area contributed by atoms with E-state index in [1.54, 1.807) is 23.1 Å². The first kappa shape index (κ1) is 20.7. The summed E-state index contributed by atoms with van der Waals surface area (Å²) in [6, 6.07) is 19.3. The van der Waals surface area contributed by atoms with Crippen molar-refractivity contribution < 1.29 is 9.47 Å². The molecule has 1 saturated heterocycles. The molecule has 0 aliphatic carbocycles. The summed E-state index contributed by atoms with van der Waals surface area (Å²) in [6.07, 6.45) is 7.05. The molecule has 8 nitrogen and oxygen atoms in total. The first-order valence-electron chi connectivity index (χ1n) is 10.8. The summed E-state index contributed by atoms with van der Waals surface area (Å²) in [5.74, 6) is 1.06. The Bertz CT molecular complexity index is 1280. The number of anilines is 2. The lowest BCUT2D eigenvalue weighted by Crippen LogP contribution is -2.26. The highest BCUT2D eigenvalue weighted by molar-refractivity contribution is 5.66. The summed E-state index contributed by atoms with van der Waals surface area (Å²) in [4.78, 5) is 8.98. The molecule has 1 N–H and O–H groups in total. The molecular weight excluding hydrogens is 416 g/mol. The zero-order valence-electron chi connectivity index (χ0n) is 17.9. The van der Waals surface area contributed by atoms with Gasteiger partial charge in [0.15, 0.2) is 0 Å². The molecule has 5 rings (SSSR count). The van der Waals surface area contributed by atoms with E-state index in [9.17, 15) is 5.26 Å². The van der Waals surface area contributed by atoms with Gasteiger partial charge in [0.1, 0.15) is 17.9 Å². The average Bonchev–Trinajstić information content (AvgIpc) is 3.41. The van der Waals surface area contributed by atoms with Gasteiger partial charge >= 0.3 is 0 Å². The Balaban J connectivity index is 1.36. The van der Waals surface area contributed by atoms with Gasteiger partial charge in [0.2, 0.25) is 5.95 Å². The number of hydrogen-bond acceptors (Lipinski definition) is 7. The predicted octanol–water partition coefficient (Wildman–Crippen LogP) is 4.50. The summed E-state index contributed by atoms with van der Waals surface area (Å²) < 4.78 is 13.2. The van der Waals surface area contributed by atoms with E-state index >= 15 is 0 Å². The van der Waals surface area contributed by atoms with Crippen molar-refractivity contribution in [3.8, 4) is 28.8 Å². The molecule has 0 spiro atoms. The number of hydrogen-bond donors (Lipinski definition) is 1. The summed E-state index contributed by atoms with van der Waals surface area (Å²) in [5, 5.41) is 17.2. The largest absolute Gasteiger partial charge is 0.489 e. The maximum absolute atomic E-state index is 9.67. The fourth-order valence-electron chi connectivity index (χ4n) is 3.71. The first-order chi connectivity index (χ1) is 16.3. The van der Waals surface area contributed by atoms with E-state index in [1.165, 1.54) is 0 Å². The highest BCUT2D eigenvalue weighted by Crippen LogP contribution is 2.28. The van der Waals surface area contributed by atoms with Crippen LogP contribution in [0.2, 0.25) is 0 Å². The fourth-order valence-corrected chi connectivity index (χ4v) is 3.71. The van der Waals surface area contributed by atoms with Gasteiger partial charge in [-0.15, -0.1) is 0 Å². The van der Waals surface area contributed by atoms with Gasteiger partial charge in [-0.05, 0) is 48.5 Å². The van der Waals surface area contributed by atoms with Crippen LogP contribution in [0.5, 0.6) is 5.75 Å². The minimum Gasteiger partial charge on any atom is -0.489 e. The molecule has 0 amide bonds. The molecule has 0 radical (unpaired) electrons. The molecule has 33 heavy (non-hydrogen) atoms. The fraction of sp³-hybridized carbons (Fsp3) is 0.200. The van der Waals surface area contributed by atoms with E-state index in [1.807, 2.05) is 54.7 Å². The Hall–Kier alpha value is -4.22. The standard InChI is InChI=1S/C25H22N6O2/c26-17-19-15-18(5-6-24(19)33-22-8-13-32-14-9-22)23-7-11-27-25(30-23)29-20-3-1-4-21(16-20)31-12-2-10-28-31/h1-7,10-12,15-16,22H,8-9,13-14H2,(H,27,29,30). The van der Waals surface area contributed by atoms with Gasteiger partial charge in [0.05, 0.1) is 30.2 Å². The second-order valence-electron chi connectivity index (χ2n) is 7.64. The number of aromatic nitrogens is 4. The monoisotopic (exact) mass is 438 g/mol. The third-order valence-corrected chi connectivity index (χ3v) is 5.38. The number of nitriles is 1. The third-order valence-electron chi connectivity index (χ3n) is 5.38. The van der Waals surface area contributed by atoms with Crippen LogP contribution in [-0.4, -0.2) is 39.1 Å². The van der Waals surface area contributed by atoms with E-state index in [0.29, 0.717) is 36.2 Å². The third kappa shape index (κ3) is 4.84. The Morgan fingerprint density at radius 2 is 1.97 bits per heavy atom. The Labute approximate surface area is 191 Å². The molecular formula is C25H22N6O2. The van der Waals surface area contributed by atoms with Crippen molar-refractivity contribution in [3.05, 3.63) is 78.8 Å². The van der Waals surface area contributed by atoms with Crippen molar-refractivity contribution >= 4 is 11.6 Å². The second-order valence-corrected chi connectivity index (χ2v) is 7.64. The van der Waals surface area contributed by atoms with Crippen LogP contribution in [0.25, 0.3) is 16.9 Å². The van der Waals surface area contributed by atoms with Gasteiger partial charge in [-0.3, -0.25) is 0 Å². The normalized spacial score (nSPS) is 13.9. The van der Waals surface area contributed by atoms with Crippen molar-refractivity contribution in [1.82, 2.24) is 19.7 Å². The molecule has 1 aliphatic heterocycles. The number of rotatable bonds is 6. The summed E-state index contributed by atoms with van der Waals surface area (Å²) in [6.45, 7) is 1.37. The number of nitrogens with one attached hydrogen (secondary N) is 1. The maximum Gasteiger partial charge on any atom is 0.227 e. The van der Waals surface area contributed by atoms with Crippen molar-refractivity contribution in [3.63, 3.8) is 0 Å². The molecule has 0 unspecified atom stereocenters. The molecule has 4 aromatic rings. The topological polar surface area (TPSA) is 97.9 Å². The predicted molar refractivity (Wildman–Crippen MR) is 123 cm³/mol. The van der Waals surface area contributed by atoms with Gasteiger partial charge in [0, 0.05) is 42.7 Å². The molecule has 8 heteroatoms. The lowest BCUT2D eigenvalue weighted by molar-refractivity contribution is 0.0254. The van der Waals surface area contributed by atoms with Crippen molar-refractivity contribution in [2.45, 2.75) is 18.9 Å². The van der Waals surface area contributed by atoms with E-state index in [2.05, 4.69) is 26.5 Å². The molecule has 3 heterocycles. The SMILES string of the molecule is N#Cc1cc(-c2ccnc(Nc3cccc(-n4cccn4)c3)n2)ccc1OC1CCOCC1. The summed E-state index contributed by atoms with van der Waals surface area (Å²) in [5.41, 5.74) is 3.79. The van der Waals surface area contributed by atoms with Crippen LogP contribution < -0.4 is 10.1 Å². The van der Waals surface area contributed by atoms with Crippen LogP contribution >= 0.6 is 0 Å². The molecule has 0 atom stereocenters. The van der Waals surface area contributed by atoms with Crippen LogP contribution in [0, 0.1) is 11.3 Å².